The highest BCUT2D eigenvalue weighted by atomic mass is 16.5. The van der Waals surface area contributed by atoms with Crippen molar-refractivity contribution in [2.75, 3.05) is 12.4 Å². The lowest BCUT2D eigenvalue weighted by Crippen LogP contribution is -2.15. The van der Waals surface area contributed by atoms with Crippen LogP contribution in [-0.4, -0.2) is 23.0 Å². The van der Waals surface area contributed by atoms with Gasteiger partial charge in [-0.05, 0) is 42.0 Å². The Hall–Kier alpha value is -3.60. The Kier molecular flexibility index (Phi) is 4.58. The van der Waals surface area contributed by atoms with E-state index in [2.05, 4.69) is 15.3 Å². The van der Waals surface area contributed by atoms with Crippen LogP contribution in [0, 0.1) is 0 Å². The van der Waals surface area contributed by atoms with Gasteiger partial charge in [0.25, 0.3) is 0 Å². The number of ether oxygens (including phenoxy) is 1. The summed E-state index contributed by atoms with van der Waals surface area (Å²) in [6.45, 7) is 0. The van der Waals surface area contributed by atoms with Crippen molar-refractivity contribution in [1.82, 2.24) is 9.97 Å². The van der Waals surface area contributed by atoms with Gasteiger partial charge in [0.1, 0.15) is 11.6 Å². The minimum absolute atomic E-state index is 0.0799. The summed E-state index contributed by atoms with van der Waals surface area (Å²) in [6.07, 6.45) is 0.290. The summed E-state index contributed by atoms with van der Waals surface area (Å²) in [7, 11) is 1.62. The molecule has 1 aromatic heterocycles. The maximum absolute atomic E-state index is 12.5. The Balaban J connectivity index is 1.56. The molecule has 0 spiro atoms. The van der Waals surface area contributed by atoms with Crippen LogP contribution in [0.5, 0.6) is 5.75 Å². The van der Waals surface area contributed by atoms with Crippen molar-refractivity contribution in [1.29, 1.82) is 0 Å². The molecule has 1 heterocycles. The van der Waals surface area contributed by atoms with Crippen molar-refractivity contribution in [3.05, 3.63) is 78.4 Å². The Morgan fingerprint density at radius 1 is 1.00 bits per heavy atom. The van der Waals surface area contributed by atoms with Crippen LogP contribution in [0.2, 0.25) is 0 Å². The summed E-state index contributed by atoms with van der Waals surface area (Å²) in [5, 5.41) is 3.00. The van der Waals surface area contributed by atoms with Crippen molar-refractivity contribution in [2.24, 2.45) is 0 Å². The largest absolute Gasteiger partial charge is 0.497 e. The number of anilines is 1. The van der Waals surface area contributed by atoms with Gasteiger partial charge in [0.2, 0.25) is 5.91 Å². The van der Waals surface area contributed by atoms with E-state index >= 15 is 0 Å². The molecule has 4 rings (SSSR count). The van der Waals surface area contributed by atoms with Crippen LogP contribution in [0.1, 0.15) is 5.56 Å². The minimum atomic E-state index is -0.0799. The molecular weight excluding hydrogens is 338 g/mol. The lowest BCUT2D eigenvalue weighted by atomic mass is 10.1. The van der Waals surface area contributed by atoms with Gasteiger partial charge in [0.05, 0.1) is 30.3 Å². The van der Waals surface area contributed by atoms with Crippen LogP contribution < -0.4 is 10.1 Å². The molecule has 0 fully saturated rings. The zero-order chi connectivity index (χ0) is 18.6. The van der Waals surface area contributed by atoms with E-state index in [-0.39, 0.29) is 5.91 Å². The van der Waals surface area contributed by atoms with Gasteiger partial charge in [-0.2, -0.15) is 0 Å². The normalized spacial score (nSPS) is 10.7. The van der Waals surface area contributed by atoms with Gasteiger partial charge in [0, 0.05) is 5.56 Å². The van der Waals surface area contributed by atoms with Gasteiger partial charge < -0.3 is 15.0 Å². The number of aromatic nitrogens is 2. The van der Waals surface area contributed by atoms with Crippen LogP contribution in [0.4, 0.5) is 5.69 Å². The third-order valence-corrected chi connectivity index (χ3v) is 4.37. The third-order valence-electron chi connectivity index (χ3n) is 4.37. The molecule has 5 heteroatoms. The minimum Gasteiger partial charge on any atom is -0.497 e. The average molecular weight is 357 g/mol. The van der Waals surface area contributed by atoms with E-state index in [1.165, 1.54) is 0 Å². The molecule has 0 saturated carbocycles. The van der Waals surface area contributed by atoms with Crippen LogP contribution in [0.3, 0.4) is 0 Å². The molecule has 4 aromatic rings. The number of carbonyl (C=O) groups is 1. The second-order valence-corrected chi connectivity index (χ2v) is 6.22. The van der Waals surface area contributed by atoms with Crippen LogP contribution in [0.25, 0.3) is 22.4 Å². The predicted octanol–water partition coefficient (Wildman–Crippen LogP) is 4.42. The van der Waals surface area contributed by atoms with E-state index in [4.69, 9.17) is 4.74 Å². The molecule has 0 saturated heterocycles. The summed E-state index contributed by atoms with van der Waals surface area (Å²) in [5.41, 5.74) is 4.38. The zero-order valence-electron chi connectivity index (χ0n) is 14.9. The smallest absolute Gasteiger partial charge is 0.228 e. The number of nitrogens with zero attached hydrogens (tertiary/aromatic N) is 1. The molecular formula is C22H19N3O2. The van der Waals surface area contributed by atoms with Crippen molar-refractivity contribution in [3.8, 4) is 17.1 Å². The lowest BCUT2D eigenvalue weighted by molar-refractivity contribution is -0.115. The van der Waals surface area contributed by atoms with E-state index < -0.39 is 0 Å². The number of methoxy groups -OCH3 is 1. The maximum Gasteiger partial charge on any atom is 0.228 e. The molecule has 0 aliphatic carbocycles. The first-order valence-corrected chi connectivity index (χ1v) is 8.70. The number of para-hydroxylation sites is 3. The number of nitrogens with one attached hydrogen (secondary N) is 2. The fraction of sp³-hybridized carbons (Fsp3) is 0.0909. The van der Waals surface area contributed by atoms with Gasteiger partial charge in [-0.15, -0.1) is 0 Å². The number of amides is 1. The van der Waals surface area contributed by atoms with E-state index in [1.54, 1.807) is 7.11 Å². The predicted molar refractivity (Wildman–Crippen MR) is 107 cm³/mol. The summed E-state index contributed by atoms with van der Waals surface area (Å²) >= 11 is 0. The topological polar surface area (TPSA) is 67.0 Å². The quantitative estimate of drug-likeness (QED) is 0.556. The number of fused-ring (bicyclic) bond motifs is 1. The third kappa shape index (κ3) is 3.67. The van der Waals surface area contributed by atoms with E-state index in [1.807, 2.05) is 72.8 Å². The first kappa shape index (κ1) is 16.8. The zero-order valence-corrected chi connectivity index (χ0v) is 14.9. The maximum atomic E-state index is 12.5. The number of H-pyrrole nitrogens is 1. The molecule has 0 unspecified atom stereocenters. The fourth-order valence-corrected chi connectivity index (χ4v) is 3.00. The molecule has 2 N–H and O–H groups in total. The first-order chi connectivity index (χ1) is 13.2. The number of aromatic amines is 1. The highest BCUT2D eigenvalue weighted by Gasteiger charge is 2.12. The second kappa shape index (κ2) is 7.33. The van der Waals surface area contributed by atoms with Crippen molar-refractivity contribution in [3.63, 3.8) is 0 Å². The highest BCUT2D eigenvalue weighted by Crippen LogP contribution is 2.27. The van der Waals surface area contributed by atoms with Crippen LogP contribution >= 0.6 is 0 Å². The van der Waals surface area contributed by atoms with Gasteiger partial charge >= 0.3 is 0 Å². The number of rotatable bonds is 5. The molecule has 0 atom stereocenters. The van der Waals surface area contributed by atoms with E-state index in [0.717, 1.165) is 39.4 Å². The number of carbonyl (C=O) groups excluding carboxylic acids is 1. The van der Waals surface area contributed by atoms with Gasteiger partial charge in [-0.1, -0.05) is 36.4 Å². The van der Waals surface area contributed by atoms with Gasteiger partial charge in [-0.25, -0.2) is 4.98 Å². The Morgan fingerprint density at radius 3 is 2.52 bits per heavy atom. The van der Waals surface area contributed by atoms with Gasteiger partial charge in [0.15, 0.2) is 0 Å². The molecule has 5 nitrogen and oxygen atoms in total. The van der Waals surface area contributed by atoms with E-state index in [9.17, 15) is 4.79 Å². The number of benzene rings is 3. The fourth-order valence-electron chi connectivity index (χ4n) is 3.00. The molecule has 0 aliphatic rings. The number of hydrogen-bond acceptors (Lipinski definition) is 3. The first-order valence-electron chi connectivity index (χ1n) is 8.70. The molecule has 134 valence electrons. The summed E-state index contributed by atoms with van der Waals surface area (Å²) < 4.78 is 5.15. The summed E-state index contributed by atoms with van der Waals surface area (Å²) in [6, 6.07) is 23.0. The molecule has 3 aromatic carbocycles. The Morgan fingerprint density at radius 2 is 1.74 bits per heavy atom. The highest BCUT2D eigenvalue weighted by molar-refractivity contribution is 5.96. The van der Waals surface area contributed by atoms with Crippen molar-refractivity contribution < 1.29 is 9.53 Å². The van der Waals surface area contributed by atoms with Crippen LogP contribution in [-0.2, 0) is 11.2 Å². The molecule has 27 heavy (non-hydrogen) atoms. The molecule has 0 bridgehead atoms. The molecule has 1 amide bonds. The van der Waals surface area contributed by atoms with Crippen LogP contribution in [0.15, 0.2) is 72.8 Å². The SMILES string of the molecule is COc1ccc(CC(=O)Nc2ccccc2-c2nc3ccccc3[nH]2)cc1. The second-order valence-electron chi connectivity index (χ2n) is 6.22. The van der Waals surface area contributed by atoms with Crippen molar-refractivity contribution >= 4 is 22.6 Å². The molecule has 0 radical (unpaired) electrons. The summed E-state index contributed by atoms with van der Waals surface area (Å²) in [5.74, 6) is 1.43. The lowest BCUT2D eigenvalue weighted by Gasteiger charge is -2.10. The average Bonchev–Trinajstić information content (AvgIpc) is 3.13. The standard InChI is InChI=1S/C22H19N3O2/c1-27-16-12-10-15(11-13-16)14-21(26)23-18-7-3-2-6-17(18)22-24-19-8-4-5-9-20(19)25-22/h2-13H,14H2,1H3,(H,23,26)(H,24,25). The molecule has 0 aliphatic heterocycles. The number of hydrogen-bond donors (Lipinski definition) is 2. The van der Waals surface area contributed by atoms with Crippen molar-refractivity contribution in [2.45, 2.75) is 6.42 Å². The summed E-state index contributed by atoms with van der Waals surface area (Å²) in [4.78, 5) is 20.5. The van der Waals surface area contributed by atoms with Gasteiger partial charge in [-0.3, -0.25) is 4.79 Å². The Bertz CT molecular complexity index is 1050. The Labute approximate surface area is 157 Å². The monoisotopic (exact) mass is 357 g/mol. The number of imidazole rings is 1. The van der Waals surface area contributed by atoms with E-state index in [0.29, 0.717) is 6.42 Å².